The second-order valence-electron chi connectivity index (χ2n) is 6.01. The van der Waals surface area contributed by atoms with Gasteiger partial charge in [0, 0.05) is 24.8 Å². The van der Waals surface area contributed by atoms with E-state index in [0.29, 0.717) is 36.7 Å². The van der Waals surface area contributed by atoms with E-state index in [1.165, 1.54) is 0 Å². The fourth-order valence-corrected chi connectivity index (χ4v) is 2.85. The van der Waals surface area contributed by atoms with E-state index in [2.05, 4.69) is 10.3 Å². The summed E-state index contributed by atoms with van der Waals surface area (Å²) in [5.74, 6) is 0.886. The van der Waals surface area contributed by atoms with Gasteiger partial charge in [-0.3, -0.25) is 14.6 Å². The third-order valence-electron chi connectivity index (χ3n) is 4.33. The maximum Gasteiger partial charge on any atom is 0.254 e. The molecule has 2 aliphatic rings. The maximum atomic E-state index is 12.5. The number of benzene rings is 1. The van der Waals surface area contributed by atoms with E-state index in [4.69, 9.17) is 9.47 Å². The van der Waals surface area contributed by atoms with Gasteiger partial charge in [-0.25, -0.2) is 0 Å². The topological polar surface area (TPSA) is 80.8 Å². The Morgan fingerprint density at radius 1 is 1.16 bits per heavy atom. The predicted octanol–water partition coefficient (Wildman–Crippen LogP) is 1.20. The summed E-state index contributed by atoms with van der Waals surface area (Å²) in [6.45, 7) is 1.41. The van der Waals surface area contributed by atoms with Crippen molar-refractivity contribution in [3.8, 4) is 11.5 Å². The molecule has 2 aromatic rings. The average molecular weight is 339 g/mol. The van der Waals surface area contributed by atoms with Gasteiger partial charge < -0.3 is 19.7 Å². The van der Waals surface area contributed by atoms with Crippen molar-refractivity contribution in [3.63, 3.8) is 0 Å². The minimum absolute atomic E-state index is 0.0552. The molecule has 0 atom stereocenters. The van der Waals surface area contributed by atoms with E-state index in [0.717, 1.165) is 5.69 Å². The van der Waals surface area contributed by atoms with E-state index < -0.39 is 0 Å². The monoisotopic (exact) mass is 339 g/mol. The molecule has 1 aromatic heterocycles. The number of hydrogen-bond acceptors (Lipinski definition) is 5. The summed E-state index contributed by atoms with van der Waals surface area (Å²) in [6, 6.07) is 10.7. The molecule has 3 heterocycles. The van der Waals surface area contributed by atoms with Crippen molar-refractivity contribution in [2.45, 2.75) is 6.54 Å². The molecule has 0 bridgehead atoms. The van der Waals surface area contributed by atoms with Crippen LogP contribution in [-0.2, 0) is 11.3 Å². The summed E-state index contributed by atoms with van der Waals surface area (Å²) in [6.07, 6.45) is 1.69. The number of pyridine rings is 1. The van der Waals surface area contributed by atoms with Gasteiger partial charge in [0.05, 0.1) is 18.2 Å². The Hall–Kier alpha value is -3.09. The van der Waals surface area contributed by atoms with Crippen LogP contribution in [0.2, 0.25) is 0 Å². The number of carbonyl (C=O) groups is 2. The number of amides is 2. The largest absolute Gasteiger partial charge is 0.454 e. The molecule has 4 rings (SSSR count). The summed E-state index contributed by atoms with van der Waals surface area (Å²) >= 11 is 0. The van der Waals surface area contributed by atoms with Crippen molar-refractivity contribution in [1.82, 2.24) is 15.2 Å². The van der Waals surface area contributed by atoms with Crippen molar-refractivity contribution < 1.29 is 19.1 Å². The lowest BCUT2D eigenvalue weighted by Gasteiger charge is -2.38. The smallest absolute Gasteiger partial charge is 0.254 e. The van der Waals surface area contributed by atoms with Gasteiger partial charge in [0.2, 0.25) is 12.7 Å². The van der Waals surface area contributed by atoms with Crippen LogP contribution in [0, 0.1) is 5.92 Å². The zero-order chi connectivity index (χ0) is 17.2. The minimum Gasteiger partial charge on any atom is -0.454 e. The van der Waals surface area contributed by atoms with Crippen molar-refractivity contribution in [1.29, 1.82) is 0 Å². The number of likely N-dealkylation sites (tertiary alicyclic amines) is 1. The predicted molar refractivity (Wildman–Crippen MR) is 88.0 cm³/mol. The molecule has 0 aliphatic carbocycles. The van der Waals surface area contributed by atoms with E-state index in [1.807, 2.05) is 18.2 Å². The fourth-order valence-electron chi connectivity index (χ4n) is 2.85. The van der Waals surface area contributed by atoms with Crippen LogP contribution in [0.4, 0.5) is 0 Å². The summed E-state index contributed by atoms with van der Waals surface area (Å²) in [5.41, 5.74) is 1.35. The highest BCUT2D eigenvalue weighted by atomic mass is 16.7. The molecule has 1 N–H and O–H groups in total. The molecule has 2 amide bonds. The first-order chi connectivity index (χ1) is 12.2. The highest BCUT2D eigenvalue weighted by molar-refractivity contribution is 5.96. The van der Waals surface area contributed by atoms with E-state index in [1.54, 1.807) is 29.3 Å². The highest BCUT2D eigenvalue weighted by Crippen LogP contribution is 2.33. The lowest BCUT2D eigenvalue weighted by molar-refractivity contribution is -0.129. The van der Waals surface area contributed by atoms with E-state index >= 15 is 0 Å². The third-order valence-corrected chi connectivity index (χ3v) is 4.33. The number of nitrogens with one attached hydrogen (secondary N) is 1. The number of rotatable bonds is 4. The van der Waals surface area contributed by atoms with Crippen molar-refractivity contribution in [2.24, 2.45) is 5.92 Å². The summed E-state index contributed by atoms with van der Waals surface area (Å²) in [4.78, 5) is 30.4. The molecule has 0 saturated carbocycles. The molecule has 7 nitrogen and oxygen atoms in total. The van der Waals surface area contributed by atoms with Gasteiger partial charge in [-0.15, -0.1) is 0 Å². The van der Waals surface area contributed by atoms with Crippen LogP contribution in [-0.4, -0.2) is 41.6 Å². The maximum absolute atomic E-state index is 12.5. The summed E-state index contributed by atoms with van der Waals surface area (Å²) < 4.78 is 10.5. The van der Waals surface area contributed by atoms with E-state index in [-0.39, 0.29) is 24.5 Å². The third kappa shape index (κ3) is 3.13. The van der Waals surface area contributed by atoms with Crippen LogP contribution >= 0.6 is 0 Å². The van der Waals surface area contributed by atoms with Crippen molar-refractivity contribution >= 4 is 11.8 Å². The van der Waals surface area contributed by atoms with Gasteiger partial charge in [0.1, 0.15) is 0 Å². The SMILES string of the molecule is O=C(NCc1ccccn1)C1CN(C(=O)c2ccc3c(c2)OCO3)C1. The number of nitrogens with zero attached hydrogens (tertiary/aromatic N) is 2. The number of aromatic nitrogens is 1. The Kier molecular flexibility index (Phi) is 3.97. The molecule has 1 saturated heterocycles. The summed E-state index contributed by atoms with van der Waals surface area (Å²) in [7, 11) is 0. The van der Waals surface area contributed by atoms with Crippen molar-refractivity contribution in [2.75, 3.05) is 19.9 Å². The van der Waals surface area contributed by atoms with Gasteiger partial charge in [0.15, 0.2) is 11.5 Å². The van der Waals surface area contributed by atoms with E-state index in [9.17, 15) is 9.59 Å². The molecule has 7 heteroatoms. The molecular formula is C18H17N3O4. The lowest BCUT2D eigenvalue weighted by atomic mass is 9.97. The van der Waals surface area contributed by atoms with Crippen LogP contribution < -0.4 is 14.8 Å². The van der Waals surface area contributed by atoms with Gasteiger partial charge in [-0.05, 0) is 30.3 Å². The molecule has 0 spiro atoms. The summed E-state index contributed by atoms with van der Waals surface area (Å²) in [5, 5.41) is 2.86. The number of fused-ring (bicyclic) bond motifs is 1. The molecular weight excluding hydrogens is 322 g/mol. The van der Waals surface area contributed by atoms with Crippen LogP contribution in [0.5, 0.6) is 11.5 Å². The Bertz CT molecular complexity index is 803. The minimum atomic E-state index is -0.179. The molecule has 2 aliphatic heterocycles. The molecule has 128 valence electrons. The quantitative estimate of drug-likeness (QED) is 0.905. The van der Waals surface area contributed by atoms with Crippen LogP contribution in [0.25, 0.3) is 0 Å². The Morgan fingerprint density at radius 3 is 2.80 bits per heavy atom. The zero-order valence-corrected chi connectivity index (χ0v) is 13.5. The second-order valence-corrected chi connectivity index (χ2v) is 6.01. The van der Waals surface area contributed by atoms with Gasteiger partial charge in [-0.1, -0.05) is 6.07 Å². The lowest BCUT2D eigenvalue weighted by Crippen LogP contribution is -2.55. The first-order valence-corrected chi connectivity index (χ1v) is 8.07. The second kappa shape index (κ2) is 6.43. The molecule has 0 radical (unpaired) electrons. The average Bonchev–Trinajstić information content (AvgIpc) is 3.07. The fraction of sp³-hybridized carbons (Fsp3) is 0.278. The Morgan fingerprint density at radius 2 is 2.00 bits per heavy atom. The van der Waals surface area contributed by atoms with Gasteiger partial charge in [-0.2, -0.15) is 0 Å². The van der Waals surface area contributed by atoms with Crippen LogP contribution in [0.15, 0.2) is 42.6 Å². The Labute approximate surface area is 144 Å². The van der Waals surface area contributed by atoms with Gasteiger partial charge >= 0.3 is 0 Å². The van der Waals surface area contributed by atoms with Crippen LogP contribution in [0.1, 0.15) is 16.1 Å². The number of carbonyl (C=O) groups excluding carboxylic acids is 2. The molecule has 1 fully saturated rings. The standard InChI is InChI=1S/C18H17N3O4/c22-17(20-8-14-3-1-2-6-19-14)13-9-21(10-13)18(23)12-4-5-15-16(7-12)25-11-24-15/h1-7,13H,8-11H2,(H,20,22). The van der Waals surface area contributed by atoms with Crippen LogP contribution in [0.3, 0.4) is 0 Å². The first kappa shape index (κ1) is 15.4. The van der Waals surface area contributed by atoms with Crippen molar-refractivity contribution in [3.05, 3.63) is 53.9 Å². The van der Waals surface area contributed by atoms with Gasteiger partial charge in [0.25, 0.3) is 5.91 Å². The number of ether oxygens (including phenoxy) is 2. The molecule has 1 aromatic carbocycles. The zero-order valence-electron chi connectivity index (χ0n) is 13.5. The highest BCUT2D eigenvalue weighted by Gasteiger charge is 2.36. The molecule has 0 unspecified atom stereocenters. The first-order valence-electron chi connectivity index (χ1n) is 8.07. The Balaban J connectivity index is 1.29. The number of hydrogen-bond donors (Lipinski definition) is 1. The normalized spacial score (nSPS) is 15.6. The molecule has 25 heavy (non-hydrogen) atoms.